The monoisotopic (exact) mass is 401 g/mol. The first-order valence-electron chi connectivity index (χ1n) is 8.25. The molecule has 0 unspecified atom stereocenters. The normalized spacial score (nSPS) is 14.5. The molecule has 6 heteroatoms. The van der Waals surface area contributed by atoms with Crippen LogP contribution in [0, 0.1) is 0 Å². The third-order valence-corrected chi connectivity index (χ3v) is 4.48. The minimum atomic E-state index is -0.313. The number of amides is 3. The highest BCUT2D eigenvalue weighted by atomic mass is 79.9. The molecule has 1 saturated carbocycles. The summed E-state index contributed by atoms with van der Waals surface area (Å²) in [5.41, 5.74) is 2.13. The van der Waals surface area contributed by atoms with E-state index in [1.165, 1.54) is 0 Å². The van der Waals surface area contributed by atoms with Gasteiger partial charge in [-0.25, -0.2) is 4.79 Å². The molecule has 0 heterocycles. The molecule has 1 atom stereocenters. The molecule has 25 heavy (non-hydrogen) atoms. The number of carbonyl (C=O) groups excluding carboxylic acids is 2. The number of hydrogen-bond donors (Lipinski definition) is 3. The van der Waals surface area contributed by atoms with Gasteiger partial charge in [0.1, 0.15) is 0 Å². The highest BCUT2D eigenvalue weighted by Gasteiger charge is 2.23. The Kier molecular flexibility index (Phi) is 5.38. The lowest BCUT2D eigenvalue weighted by Crippen LogP contribution is -2.31. The Labute approximate surface area is 155 Å². The fourth-order valence-corrected chi connectivity index (χ4v) is 2.87. The molecule has 0 aromatic heterocycles. The first-order valence-corrected chi connectivity index (χ1v) is 9.04. The van der Waals surface area contributed by atoms with Crippen LogP contribution in [0.3, 0.4) is 0 Å². The van der Waals surface area contributed by atoms with Gasteiger partial charge >= 0.3 is 6.03 Å². The largest absolute Gasteiger partial charge is 0.349 e. The maximum atomic E-state index is 12.2. The second-order valence-electron chi connectivity index (χ2n) is 6.20. The van der Waals surface area contributed by atoms with Crippen molar-refractivity contribution in [3.8, 4) is 0 Å². The van der Waals surface area contributed by atoms with Gasteiger partial charge in [0.25, 0.3) is 5.91 Å². The SMILES string of the molecule is C[C@H](NC(=O)Nc1cccc(C(=O)NC2CC2)c1)c1cccc(Br)c1. The second-order valence-corrected chi connectivity index (χ2v) is 7.12. The van der Waals surface area contributed by atoms with E-state index in [1.807, 2.05) is 31.2 Å². The quantitative estimate of drug-likeness (QED) is 0.701. The molecule has 3 rings (SSSR count). The minimum Gasteiger partial charge on any atom is -0.349 e. The van der Waals surface area contributed by atoms with Crippen molar-refractivity contribution in [2.75, 3.05) is 5.32 Å². The van der Waals surface area contributed by atoms with Crippen LogP contribution in [0.2, 0.25) is 0 Å². The van der Waals surface area contributed by atoms with E-state index in [1.54, 1.807) is 24.3 Å². The van der Waals surface area contributed by atoms with Crippen molar-refractivity contribution in [3.63, 3.8) is 0 Å². The number of urea groups is 1. The molecular weight excluding hydrogens is 382 g/mol. The minimum absolute atomic E-state index is 0.103. The zero-order valence-corrected chi connectivity index (χ0v) is 15.5. The molecule has 0 bridgehead atoms. The zero-order valence-electron chi connectivity index (χ0n) is 13.9. The number of rotatable bonds is 5. The van der Waals surface area contributed by atoms with Gasteiger partial charge < -0.3 is 16.0 Å². The number of hydrogen-bond acceptors (Lipinski definition) is 2. The van der Waals surface area contributed by atoms with Crippen molar-refractivity contribution in [2.45, 2.75) is 31.8 Å². The van der Waals surface area contributed by atoms with E-state index in [9.17, 15) is 9.59 Å². The maximum absolute atomic E-state index is 12.2. The van der Waals surface area contributed by atoms with E-state index in [-0.39, 0.29) is 18.0 Å². The van der Waals surface area contributed by atoms with Crippen LogP contribution in [0.15, 0.2) is 53.0 Å². The van der Waals surface area contributed by atoms with Crippen LogP contribution < -0.4 is 16.0 Å². The Morgan fingerprint density at radius 1 is 1.12 bits per heavy atom. The lowest BCUT2D eigenvalue weighted by molar-refractivity contribution is 0.0951. The van der Waals surface area contributed by atoms with Gasteiger partial charge in [0.05, 0.1) is 6.04 Å². The van der Waals surface area contributed by atoms with Crippen LogP contribution in [-0.4, -0.2) is 18.0 Å². The van der Waals surface area contributed by atoms with Gasteiger partial charge in [0.2, 0.25) is 0 Å². The summed E-state index contributed by atoms with van der Waals surface area (Å²) in [5.74, 6) is -0.103. The molecule has 0 saturated heterocycles. The predicted octanol–water partition coefficient (Wildman–Crippen LogP) is 4.22. The van der Waals surface area contributed by atoms with Gasteiger partial charge in [-0.3, -0.25) is 4.79 Å². The van der Waals surface area contributed by atoms with Crippen LogP contribution in [0.1, 0.15) is 41.7 Å². The number of anilines is 1. The zero-order chi connectivity index (χ0) is 17.8. The Morgan fingerprint density at radius 2 is 1.88 bits per heavy atom. The van der Waals surface area contributed by atoms with Crippen molar-refractivity contribution in [1.29, 1.82) is 0 Å². The first-order chi connectivity index (χ1) is 12.0. The summed E-state index contributed by atoms with van der Waals surface area (Å²) in [4.78, 5) is 24.3. The fourth-order valence-electron chi connectivity index (χ4n) is 2.46. The predicted molar refractivity (Wildman–Crippen MR) is 102 cm³/mol. The van der Waals surface area contributed by atoms with Gasteiger partial charge in [-0.05, 0) is 55.7 Å². The van der Waals surface area contributed by atoms with Crippen LogP contribution in [-0.2, 0) is 0 Å². The smallest absolute Gasteiger partial charge is 0.319 e. The van der Waals surface area contributed by atoms with Gasteiger partial charge in [-0.15, -0.1) is 0 Å². The van der Waals surface area contributed by atoms with E-state index in [2.05, 4.69) is 31.9 Å². The summed E-state index contributed by atoms with van der Waals surface area (Å²) in [6, 6.07) is 14.6. The summed E-state index contributed by atoms with van der Waals surface area (Å²) < 4.78 is 0.966. The average Bonchev–Trinajstić information content (AvgIpc) is 3.39. The number of carbonyl (C=O) groups is 2. The van der Waals surface area contributed by atoms with E-state index >= 15 is 0 Å². The molecule has 0 radical (unpaired) electrons. The van der Waals surface area contributed by atoms with E-state index in [0.29, 0.717) is 17.3 Å². The van der Waals surface area contributed by atoms with Gasteiger partial charge in [-0.1, -0.05) is 34.1 Å². The first kappa shape index (κ1) is 17.5. The highest BCUT2D eigenvalue weighted by molar-refractivity contribution is 9.10. The van der Waals surface area contributed by atoms with Crippen LogP contribution in [0.4, 0.5) is 10.5 Å². The topological polar surface area (TPSA) is 70.2 Å². The summed E-state index contributed by atoms with van der Waals surface area (Å²) in [6.07, 6.45) is 2.08. The van der Waals surface area contributed by atoms with Gasteiger partial charge in [0.15, 0.2) is 0 Å². The summed E-state index contributed by atoms with van der Waals surface area (Å²) in [7, 11) is 0. The molecule has 3 amide bonds. The van der Waals surface area contributed by atoms with Crippen molar-refractivity contribution in [1.82, 2.24) is 10.6 Å². The lowest BCUT2D eigenvalue weighted by Gasteiger charge is -2.15. The maximum Gasteiger partial charge on any atom is 0.319 e. The number of halogens is 1. The standard InChI is InChI=1S/C19H20BrN3O2/c1-12(13-4-2-6-15(20)10-13)21-19(25)23-17-7-3-5-14(11-17)18(24)22-16-8-9-16/h2-7,10-12,16H,8-9H2,1H3,(H,22,24)(H2,21,23,25)/t12-/m0/s1. The highest BCUT2D eigenvalue weighted by Crippen LogP contribution is 2.20. The van der Waals surface area contributed by atoms with Crippen molar-refractivity contribution < 1.29 is 9.59 Å². The number of benzene rings is 2. The Hall–Kier alpha value is -2.34. The molecule has 0 spiro atoms. The second kappa shape index (κ2) is 7.70. The van der Waals surface area contributed by atoms with Crippen LogP contribution in [0.25, 0.3) is 0 Å². The number of nitrogens with one attached hydrogen (secondary N) is 3. The Bertz CT molecular complexity index is 790. The fraction of sp³-hybridized carbons (Fsp3) is 0.263. The molecule has 5 nitrogen and oxygen atoms in total. The summed E-state index contributed by atoms with van der Waals surface area (Å²) >= 11 is 3.43. The third kappa shape index (κ3) is 5.06. The summed E-state index contributed by atoms with van der Waals surface area (Å²) in [5, 5.41) is 8.61. The van der Waals surface area contributed by atoms with Crippen molar-refractivity contribution in [3.05, 3.63) is 64.1 Å². The molecular formula is C19H20BrN3O2. The average molecular weight is 402 g/mol. The van der Waals surface area contributed by atoms with Crippen molar-refractivity contribution >= 4 is 33.6 Å². The molecule has 3 N–H and O–H groups in total. The third-order valence-electron chi connectivity index (χ3n) is 3.99. The molecule has 1 fully saturated rings. The Morgan fingerprint density at radius 3 is 2.60 bits per heavy atom. The van der Waals surface area contributed by atoms with Crippen LogP contribution in [0.5, 0.6) is 0 Å². The molecule has 0 aliphatic heterocycles. The van der Waals surface area contributed by atoms with E-state index in [4.69, 9.17) is 0 Å². The van der Waals surface area contributed by atoms with Gasteiger partial charge in [-0.2, -0.15) is 0 Å². The molecule has 1 aliphatic rings. The molecule has 130 valence electrons. The van der Waals surface area contributed by atoms with Crippen LogP contribution >= 0.6 is 15.9 Å². The lowest BCUT2D eigenvalue weighted by atomic mass is 10.1. The van der Waals surface area contributed by atoms with E-state index < -0.39 is 0 Å². The molecule has 2 aromatic carbocycles. The molecule has 1 aliphatic carbocycles. The Balaban J connectivity index is 1.59. The summed E-state index contributed by atoms with van der Waals surface area (Å²) in [6.45, 7) is 1.92. The molecule has 2 aromatic rings. The van der Waals surface area contributed by atoms with E-state index in [0.717, 1.165) is 22.9 Å². The van der Waals surface area contributed by atoms with Crippen molar-refractivity contribution in [2.24, 2.45) is 0 Å². The van der Waals surface area contributed by atoms with Gasteiger partial charge in [0, 0.05) is 21.8 Å².